The van der Waals surface area contributed by atoms with E-state index in [2.05, 4.69) is 22.4 Å². The van der Waals surface area contributed by atoms with Gasteiger partial charge in [-0.2, -0.15) is 0 Å². The summed E-state index contributed by atoms with van der Waals surface area (Å²) in [4.78, 5) is 29.3. The molecule has 2 aromatic heterocycles. The van der Waals surface area contributed by atoms with E-state index >= 15 is 0 Å². The van der Waals surface area contributed by atoms with Gasteiger partial charge in [0.25, 0.3) is 5.91 Å². The summed E-state index contributed by atoms with van der Waals surface area (Å²) >= 11 is 1.51. The van der Waals surface area contributed by atoms with Gasteiger partial charge >= 0.3 is 0 Å². The van der Waals surface area contributed by atoms with Crippen LogP contribution in [0.25, 0.3) is 10.1 Å². The summed E-state index contributed by atoms with van der Waals surface area (Å²) < 4.78 is 1.13. The second-order valence-corrected chi connectivity index (χ2v) is 9.45. The van der Waals surface area contributed by atoms with Crippen molar-refractivity contribution in [1.29, 1.82) is 0 Å². The van der Waals surface area contributed by atoms with E-state index < -0.39 is 0 Å². The summed E-state index contributed by atoms with van der Waals surface area (Å²) in [5.74, 6) is 0.663. The van der Waals surface area contributed by atoms with E-state index in [9.17, 15) is 9.59 Å². The largest absolute Gasteiger partial charge is 0.365 e. The molecule has 0 unspecified atom stereocenters. The molecule has 0 bridgehead atoms. The molecule has 3 aromatic rings. The van der Waals surface area contributed by atoms with Gasteiger partial charge in [0.2, 0.25) is 5.91 Å². The van der Waals surface area contributed by atoms with Gasteiger partial charge in [-0.3, -0.25) is 14.6 Å². The van der Waals surface area contributed by atoms with Gasteiger partial charge < -0.3 is 11.1 Å². The van der Waals surface area contributed by atoms with E-state index in [-0.39, 0.29) is 11.8 Å². The zero-order valence-electron chi connectivity index (χ0n) is 17.7. The smallest absolute Gasteiger partial charge is 0.259 e. The zero-order valence-corrected chi connectivity index (χ0v) is 18.5. The number of hydrogen-bond donors (Lipinski definition) is 2. The molecular weight excluding hydrogens is 406 g/mol. The molecule has 31 heavy (non-hydrogen) atoms. The third kappa shape index (κ3) is 5.31. The number of aryl methyl sites for hydroxylation is 1. The number of aromatic nitrogens is 1. The minimum absolute atomic E-state index is 0.123. The highest BCUT2D eigenvalue weighted by atomic mass is 32.1. The first-order valence-corrected chi connectivity index (χ1v) is 11.9. The van der Waals surface area contributed by atoms with Crippen molar-refractivity contribution in [3.8, 4) is 0 Å². The maximum atomic E-state index is 12.2. The predicted octanol–water partition coefficient (Wildman–Crippen LogP) is 4.81. The van der Waals surface area contributed by atoms with Gasteiger partial charge in [0.1, 0.15) is 0 Å². The van der Waals surface area contributed by atoms with Crippen LogP contribution in [0.15, 0.2) is 48.7 Å². The van der Waals surface area contributed by atoms with Gasteiger partial charge in [-0.05, 0) is 79.5 Å². The number of carbonyl (C=O) groups is 2. The lowest BCUT2D eigenvalue weighted by Crippen LogP contribution is -2.31. The third-order valence-corrected chi connectivity index (χ3v) is 7.46. The zero-order chi connectivity index (χ0) is 21.6. The van der Waals surface area contributed by atoms with Crippen molar-refractivity contribution >= 4 is 33.2 Å². The summed E-state index contributed by atoms with van der Waals surface area (Å²) in [7, 11) is 0. The summed E-state index contributed by atoms with van der Waals surface area (Å²) in [5.41, 5.74) is 7.87. The molecule has 1 fully saturated rings. The van der Waals surface area contributed by atoms with Crippen LogP contribution in [0.3, 0.4) is 0 Å². The molecule has 0 spiro atoms. The molecular formula is C25H29N3O2S. The van der Waals surface area contributed by atoms with E-state index in [4.69, 9.17) is 5.73 Å². The molecule has 2 amide bonds. The van der Waals surface area contributed by atoms with Gasteiger partial charge in [-0.1, -0.05) is 24.3 Å². The Morgan fingerprint density at radius 2 is 1.84 bits per heavy atom. The maximum absolute atomic E-state index is 12.2. The van der Waals surface area contributed by atoms with Crippen molar-refractivity contribution in [2.45, 2.75) is 50.9 Å². The Bertz CT molecular complexity index is 1040. The number of nitrogens with one attached hydrogen (secondary N) is 1. The summed E-state index contributed by atoms with van der Waals surface area (Å²) in [6, 6.07) is 14.1. The number of primary amides is 1. The van der Waals surface area contributed by atoms with Crippen molar-refractivity contribution in [3.63, 3.8) is 0 Å². The molecule has 0 radical (unpaired) electrons. The molecule has 3 N–H and O–H groups in total. The fourth-order valence-corrected chi connectivity index (χ4v) is 5.77. The van der Waals surface area contributed by atoms with E-state index in [1.165, 1.54) is 16.7 Å². The first-order chi connectivity index (χ1) is 15.1. The molecule has 4 rings (SSSR count). The Hall–Kier alpha value is -2.73. The molecule has 0 atom stereocenters. The highest BCUT2D eigenvalue weighted by Crippen LogP contribution is 2.43. The average Bonchev–Trinajstić information content (AvgIpc) is 3.19. The maximum Gasteiger partial charge on any atom is 0.259 e. The molecule has 5 nitrogen and oxygen atoms in total. The van der Waals surface area contributed by atoms with Crippen LogP contribution in [0.5, 0.6) is 0 Å². The van der Waals surface area contributed by atoms with Gasteiger partial charge in [0.15, 0.2) is 0 Å². The van der Waals surface area contributed by atoms with Crippen LogP contribution < -0.4 is 11.1 Å². The number of rotatable bonds is 8. The minimum atomic E-state index is -0.323. The monoisotopic (exact) mass is 435 g/mol. The van der Waals surface area contributed by atoms with E-state index in [0.29, 0.717) is 23.1 Å². The van der Waals surface area contributed by atoms with Crippen molar-refractivity contribution in [2.75, 3.05) is 6.54 Å². The molecule has 0 saturated heterocycles. The standard InChI is InChI=1S/C25H29N3O2S/c26-25(30)24-23(20-8-1-2-9-21(20)31-24)18-13-11-17(12-14-18)16-28-22(29)10-5-7-19-6-3-4-15-27-19/h1-4,6,8-9,15,17-18H,5,7,10-14,16H2,(H2,26,30)(H,28,29). The molecule has 1 aromatic carbocycles. The van der Waals surface area contributed by atoms with Crippen molar-refractivity contribution in [1.82, 2.24) is 10.3 Å². The molecule has 6 heteroatoms. The number of benzene rings is 1. The predicted molar refractivity (Wildman–Crippen MR) is 125 cm³/mol. The molecule has 1 aliphatic carbocycles. The summed E-state index contributed by atoms with van der Waals surface area (Å²) in [6.07, 6.45) is 8.14. The quantitative estimate of drug-likeness (QED) is 0.532. The van der Waals surface area contributed by atoms with Gasteiger partial charge in [0, 0.05) is 29.6 Å². The van der Waals surface area contributed by atoms with Crippen molar-refractivity contribution < 1.29 is 9.59 Å². The van der Waals surface area contributed by atoms with Crippen LogP contribution in [-0.2, 0) is 11.2 Å². The molecule has 162 valence electrons. The number of nitrogens with zero attached hydrogens (tertiary/aromatic N) is 1. The molecule has 1 saturated carbocycles. The van der Waals surface area contributed by atoms with E-state index in [1.54, 1.807) is 6.20 Å². The Balaban J connectivity index is 1.26. The lowest BCUT2D eigenvalue weighted by molar-refractivity contribution is -0.121. The summed E-state index contributed by atoms with van der Waals surface area (Å²) in [5, 5.41) is 4.29. The van der Waals surface area contributed by atoms with Crippen LogP contribution in [-0.4, -0.2) is 23.3 Å². The number of hydrogen-bond acceptors (Lipinski definition) is 4. The highest BCUT2D eigenvalue weighted by Gasteiger charge is 2.28. The lowest BCUT2D eigenvalue weighted by atomic mass is 9.77. The van der Waals surface area contributed by atoms with Gasteiger partial charge in [-0.25, -0.2) is 0 Å². The van der Waals surface area contributed by atoms with Crippen LogP contribution in [0, 0.1) is 5.92 Å². The Kier molecular flexibility index (Phi) is 6.97. The number of amides is 2. The molecule has 2 heterocycles. The van der Waals surface area contributed by atoms with Gasteiger partial charge in [-0.15, -0.1) is 11.3 Å². The van der Waals surface area contributed by atoms with Crippen molar-refractivity contribution in [2.24, 2.45) is 11.7 Å². The van der Waals surface area contributed by atoms with Crippen LogP contribution >= 0.6 is 11.3 Å². The fraction of sp³-hybridized carbons (Fsp3) is 0.400. The number of pyridine rings is 1. The average molecular weight is 436 g/mol. The third-order valence-electron chi connectivity index (χ3n) is 6.26. The second-order valence-electron chi connectivity index (χ2n) is 8.40. The van der Waals surface area contributed by atoms with Crippen LogP contribution in [0.4, 0.5) is 0 Å². The number of thiophene rings is 1. The highest BCUT2D eigenvalue weighted by molar-refractivity contribution is 7.21. The van der Waals surface area contributed by atoms with E-state index in [1.807, 2.05) is 30.3 Å². The van der Waals surface area contributed by atoms with Crippen LogP contribution in [0.1, 0.15) is 65.4 Å². The first-order valence-electron chi connectivity index (χ1n) is 11.1. The Labute approximate surface area is 187 Å². The second kappa shape index (κ2) is 10.1. The minimum Gasteiger partial charge on any atom is -0.365 e. The van der Waals surface area contributed by atoms with Gasteiger partial charge in [0.05, 0.1) is 4.88 Å². The Morgan fingerprint density at radius 1 is 1.06 bits per heavy atom. The number of nitrogens with two attached hydrogens (primary N) is 1. The lowest BCUT2D eigenvalue weighted by Gasteiger charge is -2.29. The Morgan fingerprint density at radius 3 is 2.58 bits per heavy atom. The molecule has 1 aliphatic rings. The van der Waals surface area contributed by atoms with Crippen molar-refractivity contribution in [3.05, 3.63) is 64.8 Å². The first kappa shape index (κ1) is 21.5. The fourth-order valence-electron chi connectivity index (χ4n) is 4.63. The number of fused-ring (bicyclic) bond motifs is 1. The topological polar surface area (TPSA) is 85.1 Å². The van der Waals surface area contributed by atoms with E-state index in [0.717, 1.165) is 61.0 Å². The molecule has 0 aliphatic heterocycles. The normalized spacial score (nSPS) is 18.7. The number of carbonyl (C=O) groups excluding carboxylic acids is 2. The SMILES string of the molecule is NC(=O)c1sc2ccccc2c1C1CCC(CNC(=O)CCCc2ccccn2)CC1. The van der Waals surface area contributed by atoms with Crippen LogP contribution in [0.2, 0.25) is 0 Å². The summed E-state index contributed by atoms with van der Waals surface area (Å²) in [6.45, 7) is 0.738.